The van der Waals surface area contributed by atoms with Crippen LogP contribution in [0.4, 0.5) is 0 Å². The van der Waals surface area contributed by atoms with E-state index < -0.39 is 0 Å². The third kappa shape index (κ3) is 6.68. The van der Waals surface area contributed by atoms with Crippen LogP contribution in [-0.2, 0) is 6.42 Å². The number of aryl methyl sites for hydroxylation is 1. The molecule has 0 aliphatic heterocycles. The van der Waals surface area contributed by atoms with E-state index in [1.807, 2.05) is 6.92 Å². The molecule has 114 valence electrons. The minimum Gasteiger partial charge on any atom is -0.349 e. The second-order valence-electron chi connectivity index (χ2n) is 5.19. The van der Waals surface area contributed by atoms with E-state index in [-0.39, 0.29) is 11.7 Å². The van der Waals surface area contributed by atoms with Gasteiger partial charge in [0.05, 0.1) is 0 Å². The van der Waals surface area contributed by atoms with E-state index in [0.29, 0.717) is 6.54 Å². The molecule has 5 heteroatoms. The molecule has 0 radical (unpaired) electrons. The molecule has 0 spiro atoms. The summed E-state index contributed by atoms with van der Waals surface area (Å²) in [6.07, 6.45) is 10.9. The minimum atomic E-state index is -0.177. The van der Waals surface area contributed by atoms with Gasteiger partial charge in [-0.1, -0.05) is 58.8 Å². The number of aromatic amines is 1. The number of rotatable bonds is 11. The summed E-state index contributed by atoms with van der Waals surface area (Å²) in [6.45, 7) is 4.92. The molecule has 0 bridgehead atoms. The summed E-state index contributed by atoms with van der Waals surface area (Å²) >= 11 is 0. The predicted molar refractivity (Wildman–Crippen MR) is 80.7 cm³/mol. The zero-order chi connectivity index (χ0) is 14.6. The predicted octanol–water partition coefficient (Wildman–Crippen LogP) is 3.24. The first kappa shape index (κ1) is 16.7. The molecule has 0 fully saturated rings. The summed E-state index contributed by atoms with van der Waals surface area (Å²) in [5, 5.41) is 9.51. The summed E-state index contributed by atoms with van der Waals surface area (Å²) < 4.78 is 0. The number of hydrogen-bond acceptors (Lipinski definition) is 3. The molecule has 5 nitrogen and oxygen atoms in total. The molecule has 1 aromatic rings. The van der Waals surface area contributed by atoms with Gasteiger partial charge in [0.1, 0.15) is 5.82 Å². The van der Waals surface area contributed by atoms with E-state index in [1.54, 1.807) is 0 Å². The molecular weight excluding hydrogens is 252 g/mol. The van der Waals surface area contributed by atoms with Gasteiger partial charge in [0.25, 0.3) is 5.91 Å². The smallest absolute Gasteiger partial charge is 0.290 e. The van der Waals surface area contributed by atoms with Gasteiger partial charge in [-0.15, -0.1) is 5.10 Å². The fourth-order valence-electron chi connectivity index (χ4n) is 2.09. The molecule has 1 aromatic heterocycles. The number of carbonyl (C=O) groups is 1. The Kier molecular flexibility index (Phi) is 8.67. The molecule has 0 atom stereocenters. The molecule has 20 heavy (non-hydrogen) atoms. The number of nitrogens with one attached hydrogen (secondary N) is 2. The van der Waals surface area contributed by atoms with Gasteiger partial charge < -0.3 is 5.32 Å². The number of carbonyl (C=O) groups excluding carboxylic acids is 1. The van der Waals surface area contributed by atoms with Crippen molar-refractivity contribution in [2.75, 3.05) is 6.54 Å². The Morgan fingerprint density at radius 1 is 1.05 bits per heavy atom. The van der Waals surface area contributed by atoms with Crippen molar-refractivity contribution in [1.29, 1.82) is 0 Å². The Bertz CT molecular complexity index is 376. The van der Waals surface area contributed by atoms with Crippen LogP contribution >= 0.6 is 0 Å². The van der Waals surface area contributed by atoms with Crippen LogP contribution < -0.4 is 5.32 Å². The maximum Gasteiger partial charge on any atom is 0.290 e. The maximum atomic E-state index is 11.7. The summed E-state index contributed by atoms with van der Waals surface area (Å²) in [5.74, 6) is 0.826. The van der Waals surface area contributed by atoms with Gasteiger partial charge in [0, 0.05) is 13.0 Å². The van der Waals surface area contributed by atoms with E-state index in [1.165, 1.54) is 44.9 Å². The lowest BCUT2D eigenvalue weighted by Crippen LogP contribution is -2.25. The molecule has 1 rings (SSSR count). The Morgan fingerprint density at radius 3 is 2.30 bits per heavy atom. The summed E-state index contributed by atoms with van der Waals surface area (Å²) in [4.78, 5) is 15.8. The zero-order valence-corrected chi connectivity index (χ0v) is 12.9. The number of aromatic nitrogens is 3. The van der Waals surface area contributed by atoms with E-state index in [4.69, 9.17) is 0 Å². The summed E-state index contributed by atoms with van der Waals surface area (Å²) in [5.41, 5.74) is 0. The van der Waals surface area contributed by atoms with E-state index >= 15 is 0 Å². The van der Waals surface area contributed by atoms with Gasteiger partial charge in [-0.2, -0.15) is 0 Å². The number of H-pyrrole nitrogens is 1. The van der Waals surface area contributed by atoms with E-state index in [2.05, 4.69) is 27.4 Å². The fourth-order valence-corrected chi connectivity index (χ4v) is 2.09. The highest BCUT2D eigenvalue weighted by atomic mass is 16.2. The highest BCUT2D eigenvalue weighted by Crippen LogP contribution is 2.07. The lowest BCUT2D eigenvalue weighted by Gasteiger charge is -2.03. The zero-order valence-electron chi connectivity index (χ0n) is 12.9. The first-order valence-corrected chi connectivity index (χ1v) is 7.97. The number of unbranched alkanes of at least 4 members (excludes halogenated alkanes) is 7. The lowest BCUT2D eigenvalue weighted by molar-refractivity contribution is 0.0943. The topological polar surface area (TPSA) is 70.7 Å². The third-order valence-electron chi connectivity index (χ3n) is 3.39. The van der Waals surface area contributed by atoms with Crippen molar-refractivity contribution >= 4 is 5.91 Å². The Morgan fingerprint density at radius 2 is 1.70 bits per heavy atom. The van der Waals surface area contributed by atoms with Gasteiger partial charge in [0.15, 0.2) is 0 Å². The van der Waals surface area contributed by atoms with E-state index in [0.717, 1.165) is 18.7 Å². The van der Waals surface area contributed by atoms with Crippen LogP contribution in [0.2, 0.25) is 0 Å². The van der Waals surface area contributed by atoms with Gasteiger partial charge in [-0.05, 0) is 6.42 Å². The molecule has 2 N–H and O–H groups in total. The molecule has 0 saturated heterocycles. The van der Waals surface area contributed by atoms with Crippen molar-refractivity contribution in [2.45, 2.75) is 71.6 Å². The van der Waals surface area contributed by atoms with Crippen molar-refractivity contribution in [3.63, 3.8) is 0 Å². The number of amides is 1. The Balaban J connectivity index is 1.99. The molecular formula is C15H28N4O. The molecule has 0 unspecified atom stereocenters. The van der Waals surface area contributed by atoms with Crippen LogP contribution in [-0.4, -0.2) is 27.6 Å². The Hall–Kier alpha value is -1.39. The standard InChI is InChI=1S/C15H28N4O/c1-3-5-6-7-8-9-10-11-12-16-15(20)14-17-13(4-2)18-19-14/h3-12H2,1-2H3,(H,16,20)(H,17,18,19). The van der Waals surface area contributed by atoms with E-state index in [9.17, 15) is 4.79 Å². The highest BCUT2D eigenvalue weighted by molar-refractivity contribution is 5.90. The van der Waals surface area contributed by atoms with Crippen molar-refractivity contribution in [1.82, 2.24) is 20.5 Å². The van der Waals surface area contributed by atoms with Crippen molar-refractivity contribution in [3.05, 3.63) is 11.6 Å². The van der Waals surface area contributed by atoms with Crippen LogP contribution in [0.25, 0.3) is 0 Å². The number of hydrogen-bond donors (Lipinski definition) is 2. The molecule has 0 aliphatic rings. The van der Waals surface area contributed by atoms with Gasteiger partial charge in [-0.25, -0.2) is 4.98 Å². The van der Waals surface area contributed by atoms with Crippen LogP contribution in [0, 0.1) is 0 Å². The lowest BCUT2D eigenvalue weighted by atomic mass is 10.1. The largest absolute Gasteiger partial charge is 0.349 e. The first-order chi connectivity index (χ1) is 9.77. The molecule has 0 saturated carbocycles. The van der Waals surface area contributed by atoms with Crippen molar-refractivity contribution < 1.29 is 4.79 Å². The minimum absolute atomic E-state index is 0.177. The molecule has 1 heterocycles. The molecule has 0 aliphatic carbocycles. The van der Waals surface area contributed by atoms with Gasteiger partial charge >= 0.3 is 0 Å². The average Bonchev–Trinajstić information content (AvgIpc) is 2.94. The van der Waals surface area contributed by atoms with Crippen molar-refractivity contribution in [3.8, 4) is 0 Å². The summed E-state index contributed by atoms with van der Waals surface area (Å²) in [7, 11) is 0. The quantitative estimate of drug-likeness (QED) is 0.611. The van der Waals surface area contributed by atoms with Gasteiger partial charge in [0.2, 0.25) is 5.82 Å². The van der Waals surface area contributed by atoms with Crippen molar-refractivity contribution in [2.24, 2.45) is 0 Å². The Labute approximate surface area is 122 Å². The van der Waals surface area contributed by atoms with Crippen LogP contribution in [0.1, 0.15) is 81.7 Å². The highest BCUT2D eigenvalue weighted by Gasteiger charge is 2.10. The first-order valence-electron chi connectivity index (χ1n) is 7.97. The van der Waals surface area contributed by atoms with Crippen LogP contribution in [0.15, 0.2) is 0 Å². The SMILES string of the molecule is CCCCCCCCCCNC(=O)c1n[nH]c(CC)n1. The second kappa shape index (κ2) is 10.4. The summed E-state index contributed by atoms with van der Waals surface area (Å²) in [6, 6.07) is 0. The average molecular weight is 280 g/mol. The third-order valence-corrected chi connectivity index (χ3v) is 3.39. The van der Waals surface area contributed by atoms with Crippen LogP contribution in [0.3, 0.4) is 0 Å². The second-order valence-corrected chi connectivity index (χ2v) is 5.19. The number of nitrogens with zero attached hydrogens (tertiary/aromatic N) is 2. The molecule has 0 aromatic carbocycles. The monoisotopic (exact) mass is 280 g/mol. The molecule has 1 amide bonds. The normalized spacial score (nSPS) is 10.7. The maximum absolute atomic E-state index is 11.7. The van der Waals surface area contributed by atoms with Gasteiger partial charge in [-0.3, -0.25) is 9.89 Å². The fraction of sp³-hybridized carbons (Fsp3) is 0.800. The van der Waals surface area contributed by atoms with Crippen LogP contribution in [0.5, 0.6) is 0 Å².